The van der Waals surface area contributed by atoms with Crippen LogP contribution >= 0.6 is 0 Å². The Morgan fingerprint density at radius 1 is 0.607 bits per heavy atom. The normalized spacial score (nSPS) is 12.4. The Labute approximate surface area is 330 Å². The molecule has 8 rings (SSSR count). The first-order valence-electron chi connectivity index (χ1n) is 19.4. The van der Waals surface area contributed by atoms with E-state index in [1.807, 2.05) is 47.3 Å². The van der Waals surface area contributed by atoms with Crippen molar-refractivity contribution in [3.63, 3.8) is 0 Å². The van der Waals surface area contributed by atoms with E-state index in [0.717, 1.165) is 55.6 Å². The van der Waals surface area contributed by atoms with Crippen LogP contribution < -0.4 is 4.74 Å². The van der Waals surface area contributed by atoms with Crippen molar-refractivity contribution in [2.24, 2.45) is 0 Å². The number of rotatable bonds is 6. The molecule has 3 heterocycles. The van der Waals surface area contributed by atoms with Gasteiger partial charge >= 0.3 is 6.01 Å². The van der Waals surface area contributed by atoms with Crippen LogP contribution in [0.25, 0.3) is 55.7 Å². The van der Waals surface area contributed by atoms with Gasteiger partial charge in [-0.3, -0.25) is 9.13 Å². The molecule has 5 aromatic carbocycles. The lowest BCUT2D eigenvalue weighted by atomic mass is 9.78. The van der Waals surface area contributed by atoms with E-state index in [1.54, 1.807) is 0 Å². The Bertz CT molecular complexity index is 2680. The first kappa shape index (κ1) is 36.8. The van der Waals surface area contributed by atoms with Crippen molar-refractivity contribution in [2.45, 2.75) is 78.6 Å². The number of nitrogens with zero attached hydrogens (tertiary/aromatic N) is 4. The minimum Gasteiger partial charge on any atom is -0.507 e. The Hall–Kier alpha value is -6.14. The summed E-state index contributed by atoms with van der Waals surface area (Å²) in [7, 11) is 0. The molecule has 6 heteroatoms. The molecule has 56 heavy (non-hydrogen) atoms. The highest BCUT2D eigenvalue weighted by molar-refractivity contribution is 6.07. The van der Waals surface area contributed by atoms with Gasteiger partial charge in [-0.2, -0.15) is 4.98 Å². The molecule has 0 fully saturated rings. The monoisotopic (exact) mass is 738 g/mol. The molecule has 3 aromatic heterocycles. The van der Waals surface area contributed by atoms with E-state index in [4.69, 9.17) is 14.7 Å². The molecule has 0 aliphatic rings. The summed E-state index contributed by atoms with van der Waals surface area (Å²) in [6.07, 6.45) is 3.84. The number of para-hydroxylation sites is 1. The number of aromatic nitrogens is 4. The summed E-state index contributed by atoms with van der Waals surface area (Å²) in [6.45, 7) is 19.7. The maximum absolute atomic E-state index is 12.0. The Kier molecular flexibility index (Phi) is 8.91. The van der Waals surface area contributed by atoms with Crippen molar-refractivity contribution < 1.29 is 9.84 Å². The third kappa shape index (κ3) is 6.74. The lowest BCUT2D eigenvalue weighted by Gasteiger charge is -2.27. The van der Waals surface area contributed by atoms with Gasteiger partial charge in [0.15, 0.2) is 0 Å². The molecular weight excluding hydrogens is 689 g/mol. The molecule has 6 nitrogen and oxygen atoms in total. The number of aromatic hydroxyl groups is 1. The highest BCUT2D eigenvalue weighted by Gasteiger charge is 2.28. The van der Waals surface area contributed by atoms with Crippen LogP contribution in [0.1, 0.15) is 79.0 Å². The maximum Gasteiger partial charge on any atom is 0.307 e. The van der Waals surface area contributed by atoms with Gasteiger partial charge in [-0.05, 0) is 81.5 Å². The van der Waals surface area contributed by atoms with Gasteiger partial charge in [0.25, 0.3) is 0 Å². The summed E-state index contributed by atoms with van der Waals surface area (Å²) in [5.41, 5.74) is 9.93. The third-order valence-corrected chi connectivity index (χ3v) is 10.7. The summed E-state index contributed by atoms with van der Waals surface area (Å²) < 4.78 is 11.1. The van der Waals surface area contributed by atoms with Gasteiger partial charge in [-0.15, -0.1) is 0 Å². The first-order valence-corrected chi connectivity index (χ1v) is 19.4. The molecular formula is C50H50N4O2. The number of phenolic OH excluding ortho intramolecular Hbond substituents is 1. The summed E-state index contributed by atoms with van der Waals surface area (Å²) in [4.78, 5) is 10.0. The highest BCUT2D eigenvalue weighted by Crippen LogP contribution is 2.44. The molecule has 0 aliphatic carbocycles. The van der Waals surface area contributed by atoms with E-state index in [1.165, 1.54) is 5.56 Å². The zero-order valence-corrected chi connectivity index (χ0v) is 33.8. The van der Waals surface area contributed by atoms with Crippen LogP contribution in [0.2, 0.25) is 0 Å². The predicted molar refractivity (Wildman–Crippen MR) is 231 cm³/mol. The number of ether oxygens (including phenoxy) is 1. The molecule has 0 saturated heterocycles. The number of phenols is 1. The van der Waals surface area contributed by atoms with E-state index >= 15 is 0 Å². The van der Waals surface area contributed by atoms with Crippen LogP contribution in [0.5, 0.6) is 17.5 Å². The molecule has 0 spiro atoms. The second kappa shape index (κ2) is 13.6. The van der Waals surface area contributed by atoms with Crippen molar-refractivity contribution in [3.8, 4) is 51.3 Å². The fourth-order valence-corrected chi connectivity index (χ4v) is 7.48. The standard InChI is InChI=1S/C50H50N4O2/c1-48(2,3)33-24-25-43(39(27-33)32-17-11-10-12-18-32)53-31-42(40-28-34(49(4,5)6)29-41(45(40)55)50(7,8)9)52-47(53)56-36-20-15-19-35(30-36)54-44-23-14-13-21-37(44)38-22-16-26-51-46(38)54/h10-31,55H,1-9H3. The van der Waals surface area contributed by atoms with Crippen LogP contribution in [-0.2, 0) is 16.2 Å². The van der Waals surface area contributed by atoms with Gasteiger partial charge in [0.1, 0.15) is 17.1 Å². The summed E-state index contributed by atoms with van der Waals surface area (Å²) in [6, 6.07) is 42.2. The minimum atomic E-state index is -0.298. The van der Waals surface area contributed by atoms with Crippen LogP contribution in [0, 0.1) is 0 Å². The van der Waals surface area contributed by atoms with Crippen LogP contribution in [-0.4, -0.2) is 24.2 Å². The van der Waals surface area contributed by atoms with Crippen molar-refractivity contribution in [3.05, 3.63) is 150 Å². The van der Waals surface area contributed by atoms with E-state index in [-0.39, 0.29) is 22.0 Å². The minimum absolute atomic E-state index is 0.0634. The molecule has 0 bridgehead atoms. The number of pyridine rings is 1. The smallest absolute Gasteiger partial charge is 0.307 e. The van der Waals surface area contributed by atoms with Gasteiger partial charge in [-0.25, -0.2) is 4.98 Å². The fourth-order valence-electron chi connectivity index (χ4n) is 7.48. The fraction of sp³-hybridized carbons (Fsp3) is 0.240. The average Bonchev–Trinajstić information content (AvgIpc) is 3.73. The van der Waals surface area contributed by atoms with Gasteiger partial charge in [0, 0.05) is 45.9 Å². The Balaban J connectivity index is 1.35. The van der Waals surface area contributed by atoms with Crippen LogP contribution in [0.15, 0.2) is 134 Å². The molecule has 0 aliphatic heterocycles. The molecule has 0 atom stereocenters. The van der Waals surface area contributed by atoms with Gasteiger partial charge < -0.3 is 9.84 Å². The van der Waals surface area contributed by atoms with Crippen LogP contribution in [0.4, 0.5) is 0 Å². The van der Waals surface area contributed by atoms with Crippen molar-refractivity contribution in [1.82, 2.24) is 19.1 Å². The third-order valence-electron chi connectivity index (χ3n) is 10.7. The Morgan fingerprint density at radius 2 is 1.30 bits per heavy atom. The SMILES string of the molecule is CC(C)(C)c1ccc(-n2cc(-c3cc(C(C)(C)C)cc(C(C)(C)C)c3O)nc2Oc2cccc(-n3c4ccccc4c4cccnc43)c2)c(-c2ccccc2)c1. The number of fused-ring (bicyclic) bond motifs is 3. The van der Waals surface area contributed by atoms with Gasteiger partial charge in [0.2, 0.25) is 0 Å². The summed E-state index contributed by atoms with van der Waals surface area (Å²) >= 11 is 0. The Morgan fingerprint density at radius 3 is 2.04 bits per heavy atom. The van der Waals surface area contributed by atoms with E-state index in [0.29, 0.717) is 23.0 Å². The van der Waals surface area contributed by atoms with Gasteiger partial charge in [-0.1, -0.05) is 129 Å². The van der Waals surface area contributed by atoms with E-state index < -0.39 is 0 Å². The van der Waals surface area contributed by atoms with Crippen molar-refractivity contribution >= 4 is 21.9 Å². The van der Waals surface area contributed by atoms with Gasteiger partial charge in [0.05, 0.1) is 22.6 Å². The zero-order chi connectivity index (χ0) is 39.6. The van der Waals surface area contributed by atoms with E-state index in [9.17, 15) is 5.11 Å². The summed E-state index contributed by atoms with van der Waals surface area (Å²) in [5.74, 6) is 0.854. The summed E-state index contributed by atoms with van der Waals surface area (Å²) in [5, 5.41) is 14.2. The molecule has 0 radical (unpaired) electrons. The topological polar surface area (TPSA) is 65.1 Å². The van der Waals surface area contributed by atoms with Crippen molar-refractivity contribution in [2.75, 3.05) is 0 Å². The second-order valence-electron chi connectivity index (χ2n) is 17.9. The van der Waals surface area contributed by atoms with E-state index in [2.05, 4.69) is 158 Å². The quantitative estimate of drug-likeness (QED) is 0.184. The first-order chi connectivity index (χ1) is 26.6. The molecule has 8 aromatic rings. The average molecular weight is 739 g/mol. The lowest BCUT2D eigenvalue weighted by molar-refractivity contribution is 0.434. The number of imidazole rings is 1. The van der Waals surface area contributed by atoms with Crippen LogP contribution in [0.3, 0.4) is 0 Å². The molecule has 0 unspecified atom stereocenters. The molecule has 1 N–H and O–H groups in total. The lowest BCUT2D eigenvalue weighted by Crippen LogP contribution is -2.17. The molecule has 0 saturated carbocycles. The maximum atomic E-state index is 12.0. The largest absolute Gasteiger partial charge is 0.507 e. The zero-order valence-electron chi connectivity index (χ0n) is 33.8. The number of hydrogen-bond acceptors (Lipinski definition) is 4. The number of hydrogen-bond donors (Lipinski definition) is 1. The second-order valence-corrected chi connectivity index (χ2v) is 17.9. The molecule has 0 amide bonds. The molecule has 282 valence electrons. The predicted octanol–water partition coefficient (Wildman–Crippen LogP) is 13.1. The highest BCUT2D eigenvalue weighted by atomic mass is 16.5. The number of benzene rings is 5. The van der Waals surface area contributed by atoms with Crippen molar-refractivity contribution in [1.29, 1.82) is 0 Å².